The van der Waals surface area contributed by atoms with Gasteiger partial charge in [0.15, 0.2) is 0 Å². The van der Waals surface area contributed by atoms with Gasteiger partial charge < -0.3 is 14.3 Å². The lowest BCUT2D eigenvalue weighted by Crippen LogP contribution is -2.22. The first-order valence-electron chi connectivity index (χ1n) is 14.7. The second-order valence-corrected chi connectivity index (χ2v) is 11.6. The number of aliphatic imine (C=N–C) groups is 3. The van der Waals surface area contributed by atoms with Crippen molar-refractivity contribution in [3.8, 4) is 5.95 Å². The van der Waals surface area contributed by atoms with Crippen molar-refractivity contribution in [2.45, 2.75) is 60.3 Å². The molecule has 2 atom stereocenters. The van der Waals surface area contributed by atoms with Crippen molar-refractivity contribution < 1.29 is 19.1 Å². The molecule has 0 aromatic carbocycles. The standard InChI is InChI=1S/C35H35N3O5/c1-8-21-17(4)26-15-29-22(9-2)18(5)25(37-29)14-27-19(6)23(10-11-30(39)42-7)33(38-27)32-24-12-20(13-28(21)36-26)16(3)31(24)34(40)43-35(32)41/h9,13-15,19,23,41H,2,8,10-12H2,1,3-7H3/t19-,23-/m0/s1. The number of nitrogens with zero attached hydrogens (tertiary/aromatic N) is 3. The van der Waals surface area contributed by atoms with E-state index in [0.29, 0.717) is 35.2 Å². The number of fused-ring (bicyclic) bond motifs is 5. The van der Waals surface area contributed by atoms with Gasteiger partial charge in [-0.1, -0.05) is 26.5 Å². The zero-order valence-electron chi connectivity index (χ0n) is 25.4. The topological polar surface area (TPSA) is 114 Å². The lowest BCUT2D eigenvalue weighted by Gasteiger charge is -2.19. The second-order valence-electron chi connectivity index (χ2n) is 11.6. The minimum atomic E-state index is -0.583. The maximum atomic E-state index is 13.2. The Kier molecular flexibility index (Phi) is 7.03. The Balaban J connectivity index is 1.64. The molecule has 220 valence electrons. The number of rotatable bonds is 5. The Labute approximate surface area is 250 Å². The van der Waals surface area contributed by atoms with E-state index >= 15 is 0 Å². The molecule has 0 saturated carbocycles. The van der Waals surface area contributed by atoms with E-state index in [2.05, 4.69) is 27.4 Å². The maximum Gasteiger partial charge on any atom is 0.346 e. The highest BCUT2D eigenvalue weighted by Crippen LogP contribution is 2.44. The third-order valence-electron chi connectivity index (χ3n) is 9.37. The van der Waals surface area contributed by atoms with Gasteiger partial charge in [-0.05, 0) is 91.7 Å². The number of allylic oxidation sites excluding steroid dienone is 10. The molecule has 0 amide bonds. The van der Waals surface area contributed by atoms with Crippen LogP contribution in [0.5, 0.6) is 5.95 Å². The predicted octanol–water partition coefficient (Wildman–Crippen LogP) is 6.49. The van der Waals surface area contributed by atoms with Crippen LogP contribution in [0.25, 0.3) is 5.57 Å². The Morgan fingerprint density at radius 1 is 1.07 bits per heavy atom. The largest absolute Gasteiger partial charge is 0.480 e. The van der Waals surface area contributed by atoms with E-state index in [1.54, 1.807) is 0 Å². The lowest BCUT2D eigenvalue weighted by molar-refractivity contribution is -0.140. The van der Waals surface area contributed by atoms with Gasteiger partial charge in [-0.3, -0.25) is 9.79 Å². The third kappa shape index (κ3) is 4.47. The SMILES string of the molecule is C=CC1=C(C)C2=NC1=CC1=NC(=CC3=C(C)c4c(c(c(O)oc4=O)C4=NC(=C2)[C@@H](C)[C@@H]4CCC(=O)OC)C3)C(CC)=C1C. The molecule has 5 aliphatic rings. The van der Waals surface area contributed by atoms with Gasteiger partial charge in [0.1, 0.15) is 0 Å². The van der Waals surface area contributed by atoms with E-state index in [0.717, 1.165) is 68.4 Å². The lowest BCUT2D eigenvalue weighted by atomic mass is 9.82. The minimum absolute atomic E-state index is 0.109. The summed E-state index contributed by atoms with van der Waals surface area (Å²) in [5.74, 6) is -1.12. The monoisotopic (exact) mass is 577 g/mol. The Morgan fingerprint density at radius 2 is 1.79 bits per heavy atom. The first-order valence-corrected chi connectivity index (χ1v) is 14.7. The molecule has 43 heavy (non-hydrogen) atoms. The molecule has 1 aliphatic carbocycles. The molecule has 4 aliphatic heterocycles. The van der Waals surface area contributed by atoms with Crippen LogP contribution < -0.4 is 5.63 Å². The van der Waals surface area contributed by atoms with Crippen LogP contribution in [0.15, 0.2) is 100 Å². The van der Waals surface area contributed by atoms with E-state index in [9.17, 15) is 14.7 Å². The average molecular weight is 578 g/mol. The van der Waals surface area contributed by atoms with Gasteiger partial charge in [0.2, 0.25) is 0 Å². The number of aromatic hydroxyl groups is 1. The van der Waals surface area contributed by atoms with Crippen molar-refractivity contribution in [1.29, 1.82) is 0 Å². The van der Waals surface area contributed by atoms with Crippen LogP contribution in [-0.4, -0.2) is 35.3 Å². The molecule has 0 radical (unpaired) electrons. The van der Waals surface area contributed by atoms with Gasteiger partial charge in [-0.2, -0.15) is 0 Å². The normalized spacial score (nSPS) is 22.4. The van der Waals surface area contributed by atoms with Crippen molar-refractivity contribution in [3.63, 3.8) is 0 Å². The summed E-state index contributed by atoms with van der Waals surface area (Å²) in [5, 5.41) is 11.2. The van der Waals surface area contributed by atoms with E-state index in [1.807, 2.05) is 38.2 Å². The molecule has 1 N–H and O–H groups in total. The maximum absolute atomic E-state index is 13.2. The summed E-state index contributed by atoms with van der Waals surface area (Å²) in [4.78, 5) is 40.5. The number of esters is 1. The number of hydrogen-bond acceptors (Lipinski definition) is 8. The third-order valence-corrected chi connectivity index (χ3v) is 9.37. The van der Waals surface area contributed by atoms with Gasteiger partial charge >= 0.3 is 11.6 Å². The van der Waals surface area contributed by atoms with Crippen molar-refractivity contribution in [2.24, 2.45) is 26.8 Å². The van der Waals surface area contributed by atoms with Crippen LogP contribution in [0.3, 0.4) is 0 Å². The average Bonchev–Trinajstić information content (AvgIpc) is 3.65. The zero-order valence-corrected chi connectivity index (χ0v) is 25.4. The fourth-order valence-corrected chi connectivity index (χ4v) is 6.85. The van der Waals surface area contributed by atoms with Crippen LogP contribution in [0, 0.1) is 11.8 Å². The van der Waals surface area contributed by atoms with Gasteiger partial charge in [0, 0.05) is 29.5 Å². The van der Waals surface area contributed by atoms with Crippen LogP contribution in [-0.2, 0) is 16.0 Å². The van der Waals surface area contributed by atoms with Gasteiger partial charge in [-0.15, -0.1) is 0 Å². The summed E-state index contributed by atoms with van der Waals surface area (Å²) in [5.41, 5.74) is 11.5. The summed E-state index contributed by atoms with van der Waals surface area (Å²) in [6.07, 6.45) is 9.72. The number of methoxy groups -OCH3 is 1. The highest BCUT2D eigenvalue weighted by atomic mass is 16.5. The molecule has 1 aromatic rings. The molecule has 8 nitrogen and oxygen atoms in total. The molecule has 8 heteroatoms. The van der Waals surface area contributed by atoms with Crippen LogP contribution >= 0.6 is 0 Å². The van der Waals surface area contributed by atoms with Crippen LogP contribution in [0.2, 0.25) is 0 Å². The van der Waals surface area contributed by atoms with Crippen molar-refractivity contribution in [2.75, 3.05) is 7.11 Å². The van der Waals surface area contributed by atoms with Crippen molar-refractivity contribution >= 4 is 28.7 Å². The van der Waals surface area contributed by atoms with E-state index in [-0.39, 0.29) is 24.2 Å². The molecular formula is C35H35N3O5. The second kappa shape index (κ2) is 10.6. The first kappa shape index (κ1) is 28.5. The van der Waals surface area contributed by atoms with Crippen LogP contribution in [0.4, 0.5) is 0 Å². The summed E-state index contributed by atoms with van der Waals surface area (Å²) in [7, 11) is 1.37. The predicted molar refractivity (Wildman–Crippen MR) is 168 cm³/mol. The van der Waals surface area contributed by atoms with E-state index in [4.69, 9.17) is 24.1 Å². The first-order chi connectivity index (χ1) is 20.6. The van der Waals surface area contributed by atoms with Gasteiger partial charge in [0.25, 0.3) is 5.95 Å². The Morgan fingerprint density at radius 3 is 2.49 bits per heavy atom. The quantitative estimate of drug-likeness (QED) is 0.402. The van der Waals surface area contributed by atoms with Gasteiger partial charge in [0.05, 0.1) is 46.8 Å². The van der Waals surface area contributed by atoms with Crippen molar-refractivity contribution in [3.05, 3.63) is 103 Å². The summed E-state index contributed by atoms with van der Waals surface area (Å²) in [6.45, 7) is 14.2. The summed E-state index contributed by atoms with van der Waals surface area (Å²) >= 11 is 0. The smallest absolute Gasteiger partial charge is 0.346 e. The zero-order chi connectivity index (χ0) is 30.7. The molecule has 0 spiro atoms. The molecule has 1 aromatic heterocycles. The molecule has 8 bridgehead atoms. The molecule has 0 fully saturated rings. The Bertz CT molecular complexity index is 1870. The molecular weight excluding hydrogens is 542 g/mol. The molecule has 5 heterocycles. The van der Waals surface area contributed by atoms with Crippen LogP contribution in [0.1, 0.15) is 70.6 Å². The van der Waals surface area contributed by atoms with Crippen molar-refractivity contribution in [1.82, 2.24) is 0 Å². The highest BCUT2D eigenvalue weighted by molar-refractivity contribution is 6.17. The highest BCUT2D eigenvalue weighted by Gasteiger charge is 2.39. The number of ether oxygens (including phenoxy) is 1. The minimum Gasteiger partial charge on any atom is -0.480 e. The molecule has 6 rings (SSSR count). The van der Waals surface area contributed by atoms with E-state index < -0.39 is 11.6 Å². The van der Waals surface area contributed by atoms with Gasteiger partial charge in [-0.25, -0.2) is 14.8 Å². The summed E-state index contributed by atoms with van der Waals surface area (Å²) in [6, 6.07) is 0. The fourth-order valence-electron chi connectivity index (χ4n) is 6.85. The number of carbonyl (C=O) groups is 1. The molecule has 0 unspecified atom stereocenters. The van der Waals surface area contributed by atoms with E-state index in [1.165, 1.54) is 7.11 Å². The number of hydrogen-bond donors (Lipinski definition) is 1. The molecule has 0 saturated heterocycles. The fraction of sp³-hybridized carbons (Fsp3) is 0.343. The number of carbonyl (C=O) groups excluding carboxylic acids is 1. The Hall–Kier alpha value is -4.59. The summed E-state index contributed by atoms with van der Waals surface area (Å²) < 4.78 is 10.4.